The van der Waals surface area contributed by atoms with Crippen LogP contribution in [0.25, 0.3) is 11.1 Å². The van der Waals surface area contributed by atoms with Gasteiger partial charge in [0.25, 0.3) is 0 Å². The van der Waals surface area contributed by atoms with Gasteiger partial charge in [0.2, 0.25) is 0 Å². The second-order valence-electron chi connectivity index (χ2n) is 3.36. The highest BCUT2D eigenvalue weighted by atomic mass is 19.1. The van der Waals surface area contributed by atoms with Crippen molar-refractivity contribution in [2.75, 3.05) is 0 Å². The highest BCUT2D eigenvalue weighted by molar-refractivity contribution is 5.68. The predicted molar refractivity (Wildman–Crippen MR) is 53.0 cm³/mol. The van der Waals surface area contributed by atoms with Gasteiger partial charge in [-0.1, -0.05) is 5.16 Å². The normalized spacial score (nSPS) is 10.6. The fourth-order valence-corrected chi connectivity index (χ4v) is 1.57. The Kier molecular flexibility index (Phi) is 2.19. The van der Waals surface area contributed by atoms with Gasteiger partial charge in [-0.25, -0.2) is 4.39 Å². The Hall–Kier alpha value is -1.84. The van der Waals surface area contributed by atoms with Crippen molar-refractivity contribution in [3.63, 3.8) is 0 Å². The van der Waals surface area contributed by atoms with E-state index >= 15 is 0 Å². The molecule has 0 aliphatic rings. The average molecular weight is 207 g/mol. The molecule has 1 aromatic heterocycles. The molecule has 2 rings (SSSR count). The number of hydrogen-bond donors (Lipinski definition) is 1. The van der Waals surface area contributed by atoms with Crippen molar-refractivity contribution in [1.29, 1.82) is 0 Å². The maximum absolute atomic E-state index is 13.5. The van der Waals surface area contributed by atoms with Crippen molar-refractivity contribution < 1.29 is 14.0 Å². The third-order valence-electron chi connectivity index (χ3n) is 2.26. The van der Waals surface area contributed by atoms with E-state index in [1.807, 2.05) is 0 Å². The van der Waals surface area contributed by atoms with Gasteiger partial charge in [-0.3, -0.25) is 0 Å². The maximum atomic E-state index is 13.5. The number of benzene rings is 1. The zero-order valence-corrected chi connectivity index (χ0v) is 8.41. The Balaban J connectivity index is 2.64. The van der Waals surface area contributed by atoms with Gasteiger partial charge in [0.15, 0.2) is 0 Å². The fourth-order valence-electron chi connectivity index (χ4n) is 1.57. The van der Waals surface area contributed by atoms with Crippen molar-refractivity contribution >= 4 is 0 Å². The molecule has 1 aromatic carbocycles. The van der Waals surface area contributed by atoms with E-state index in [9.17, 15) is 4.39 Å². The minimum absolute atomic E-state index is 0.0944. The van der Waals surface area contributed by atoms with Crippen LogP contribution in [0.15, 0.2) is 22.7 Å². The van der Waals surface area contributed by atoms with Gasteiger partial charge in [0.1, 0.15) is 17.3 Å². The lowest BCUT2D eigenvalue weighted by Gasteiger charge is -2.02. The van der Waals surface area contributed by atoms with Gasteiger partial charge >= 0.3 is 0 Å². The van der Waals surface area contributed by atoms with Crippen LogP contribution in [0.5, 0.6) is 5.75 Å². The summed E-state index contributed by atoms with van der Waals surface area (Å²) in [7, 11) is 0. The number of hydrogen-bond acceptors (Lipinski definition) is 3. The van der Waals surface area contributed by atoms with E-state index in [1.54, 1.807) is 13.8 Å². The first-order valence-electron chi connectivity index (χ1n) is 4.51. The number of aryl methyl sites for hydroxylation is 2. The first-order chi connectivity index (χ1) is 7.09. The molecule has 3 nitrogen and oxygen atoms in total. The monoisotopic (exact) mass is 207 g/mol. The Morgan fingerprint density at radius 1 is 1.33 bits per heavy atom. The topological polar surface area (TPSA) is 46.3 Å². The van der Waals surface area contributed by atoms with Gasteiger partial charge in [-0.15, -0.1) is 0 Å². The van der Waals surface area contributed by atoms with Gasteiger partial charge < -0.3 is 9.63 Å². The third kappa shape index (κ3) is 1.58. The number of nitrogens with zero attached hydrogens (tertiary/aromatic N) is 1. The van der Waals surface area contributed by atoms with Crippen LogP contribution < -0.4 is 0 Å². The molecule has 0 aliphatic carbocycles. The number of rotatable bonds is 1. The lowest BCUT2D eigenvalue weighted by atomic mass is 10.0. The molecule has 1 N–H and O–H groups in total. The zero-order valence-electron chi connectivity index (χ0n) is 8.41. The second-order valence-corrected chi connectivity index (χ2v) is 3.36. The van der Waals surface area contributed by atoms with E-state index in [1.165, 1.54) is 12.1 Å². The van der Waals surface area contributed by atoms with Crippen molar-refractivity contribution in [3.8, 4) is 16.9 Å². The molecule has 0 aliphatic heterocycles. The number of aromatic hydroxyl groups is 1. The summed E-state index contributed by atoms with van der Waals surface area (Å²) in [6.07, 6.45) is 0. The van der Waals surface area contributed by atoms with E-state index in [-0.39, 0.29) is 5.75 Å². The molecule has 0 bridgehead atoms. The highest BCUT2D eigenvalue weighted by Crippen LogP contribution is 2.30. The Morgan fingerprint density at radius 2 is 2.07 bits per heavy atom. The van der Waals surface area contributed by atoms with E-state index in [4.69, 9.17) is 9.63 Å². The molecule has 0 saturated heterocycles. The number of phenols is 1. The van der Waals surface area contributed by atoms with Crippen LogP contribution in [0, 0.1) is 19.7 Å². The molecular formula is C11H10FNO2. The molecule has 0 amide bonds. The molecule has 0 atom stereocenters. The van der Waals surface area contributed by atoms with Gasteiger partial charge in [0, 0.05) is 11.6 Å². The predicted octanol–water partition coefficient (Wildman–Crippen LogP) is 2.80. The van der Waals surface area contributed by atoms with Crippen LogP contribution in [-0.4, -0.2) is 10.3 Å². The molecule has 0 fully saturated rings. The summed E-state index contributed by atoms with van der Waals surface area (Å²) >= 11 is 0. The second kappa shape index (κ2) is 3.38. The fraction of sp³-hybridized carbons (Fsp3) is 0.182. The summed E-state index contributed by atoms with van der Waals surface area (Å²) in [5, 5.41) is 12.8. The lowest BCUT2D eigenvalue weighted by molar-refractivity contribution is 0.393. The molecule has 15 heavy (non-hydrogen) atoms. The molecule has 4 heteroatoms. The van der Waals surface area contributed by atoms with E-state index in [2.05, 4.69) is 5.16 Å². The summed E-state index contributed by atoms with van der Waals surface area (Å²) in [4.78, 5) is 0. The van der Waals surface area contributed by atoms with E-state index in [0.29, 0.717) is 22.6 Å². The van der Waals surface area contributed by atoms with Crippen LogP contribution in [0.1, 0.15) is 11.5 Å². The van der Waals surface area contributed by atoms with E-state index in [0.717, 1.165) is 6.07 Å². The van der Waals surface area contributed by atoms with Crippen molar-refractivity contribution in [3.05, 3.63) is 35.5 Å². The molecular weight excluding hydrogens is 197 g/mol. The largest absolute Gasteiger partial charge is 0.508 e. The minimum atomic E-state index is -0.482. The van der Waals surface area contributed by atoms with Crippen LogP contribution in [0.2, 0.25) is 0 Å². The molecule has 1 heterocycles. The zero-order chi connectivity index (χ0) is 11.0. The SMILES string of the molecule is Cc1noc(C)c1-c1ccc(O)cc1F. The van der Waals surface area contributed by atoms with Crippen LogP contribution in [-0.2, 0) is 0 Å². The smallest absolute Gasteiger partial charge is 0.141 e. The van der Waals surface area contributed by atoms with Crippen molar-refractivity contribution in [1.82, 2.24) is 5.16 Å². The average Bonchev–Trinajstić information content (AvgIpc) is 2.48. The first kappa shape index (κ1) is 9.71. The molecule has 0 spiro atoms. The Morgan fingerprint density at radius 3 is 2.60 bits per heavy atom. The Labute approximate surface area is 86.1 Å². The van der Waals surface area contributed by atoms with Gasteiger partial charge in [-0.2, -0.15) is 0 Å². The third-order valence-corrected chi connectivity index (χ3v) is 2.26. The van der Waals surface area contributed by atoms with Crippen molar-refractivity contribution in [2.24, 2.45) is 0 Å². The van der Waals surface area contributed by atoms with Gasteiger partial charge in [0.05, 0.1) is 11.3 Å². The number of halogens is 1. The number of phenolic OH excluding ortho intramolecular Hbond substituents is 1. The summed E-state index contributed by atoms with van der Waals surface area (Å²) in [6.45, 7) is 3.47. The minimum Gasteiger partial charge on any atom is -0.508 e. The molecule has 78 valence electrons. The quantitative estimate of drug-likeness (QED) is 0.782. The molecule has 0 unspecified atom stereocenters. The first-order valence-corrected chi connectivity index (χ1v) is 4.51. The highest BCUT2D eigenvalue weighted by Gasteiger charge is 2.15. The van der Waals surface area contributed by atoms with E-state index < -0.39 is 5.82 Å². The summed E-state index contributed by atoms with van der Waals surface area (Å²) in [5.41, 5.74) is 1.67. The maximum Gasteiger partial charge on any atom is 0.141 e. The summed E-state index contributed by atoms with van der Waals surface area (Å²) in [6, 6.07) is 4.02. The molecule has 2 aromatic rings. The molecule has 0 saturated carbocycles. The van der Waals surface area contributed by atoms with Crippen LogP contribution in [0.4, 0.5) is 4.39 Å². The summed E-state index contributed by atoms with van der Waals surface area (Å²) < 4.78 is 18.5. The number of aromatic nitrogens is 1. The van der Waals surface area contributed by atoms with Crippen LogP contribution in [0.3, 0.4) is 0 Å². The lowest BCUT2D eigenvalue weighted by Crippen LogP contribution is -1.86. The Bertz CT molecular complexity index is 486. The summed E-state index contributed by atoms with van der Waals surface area (Å²) in [5.74, 6) is -0.00972. The van der Waals surface area contributed by atoms with Crippen LogP contribution >= 0.6 is 0 Å². The molecule has 0 radical (unpaired) electrons. The van der Waals surface area contributed by atoms with Crippen molar-refractivity contribution in [2.45, 2.75) is 13.8 Å². The standard InChI is InChI=1S/C11H10FNO2/c1-6-11(7(2)15-13-6)9-4-3-8(14)5-10(9)12/h3-5,14H,1-2H3. The van der Waals surface area contributed by atoms with Gasteiger partial charge in [-0.05, 0) is 26.0 Å².